The van der Waals surface area contributed by atoms with Gasteiger partial charge in [-0.3, -0.25) is 0 Å². The highest BCUT2D eigenvalue weighted by molar-refractivity contribution is 7.99. The van der Waals surface area contributed by atoms with Crippen molar-refractivity contribution in [2.75, 3.05) is 24.3 Å². The molecule has 0 saturated heterocycles. The molecule has 1 aromatic heterocycles. The number of nitrogens with zero attached hydrogens (tertiary/aromatic N) is 2. The van der Waals surface area contributed by atoms with Crippen LogP contribution in [0.2, 0.25) is 5.02 Å². The molecule has 3 aromatic rings. The molecular formula is C19H17ClN2OS. The highest BCUT2D eigenvalue weighted by Gasteiger charge is 2.18. The van der Waals surface area contributed by atoms with Crippen molar-refractivity contribution in [2.45, 2.75) is 11.4 Å². The molecule has 0 saturated carbocycles. The molecule has 5 heteroatoms. The van der Waals surface area contributed by atoms with Crippen LogP contribution in [0, 0.1) is 0 Å². The minimum Gasteiger partial charge on any atom is -0.497 e. The van der Waals surface area contributed by atoms with E-state index in [-0.39, 0.29) is 0 Å². The van der Waals surface area contributed by atoms with Gasteiger partial charge in [-0.2, -0.15) is 0 Å². The number of pyridine rings is 1. The summed E-state index contributed by atoms with van der Waals surface area (Å²) in [5, 5.41) is 1.75. The minimum atomic E-state index is 0.752. The normalized spacial score (nSPS) is 14.3. The van der Waals surface area contributed by atoms with Gasteiger partial charge in [-0.05, 0) is 29.8 Å². The number of para-hydroxylation sites is 1. The second-order valence-electron chi connectivity index (χ2n) is 5.72. The number of halogens is 1. The molecule has 0 N–H and O–H groups in total. The third-order valence-corrected chi connectivity index (χ3v) is 5.62. The lowest BCUT2D eigenvalue weighted by molar-refractivity contribution is 0.413. The molecule has 2 aromatic carbocycles. The number of benzene rings is 2. The molecule has 122 valence electrons. The zero-order valence-corrected chi connectivity index (χ0v) is 14.9. The van der Waals surface area contributed by atoms with Gasteiger partial charge in [0.2, 0.25) is 0 Å². The molecule has 0 amide bonds. The van der Waals surface area contributed by atoms with Gasteiger partial charge in [0, 0.05) is 29.1 Å². The van der Waals surface area contributed by atoms with Gasteiger partial charge in [0.05, 0.1) is 17.6 Å². The molecule has 0 atom stereocenters. The van der Waals surface area contributed by atoms with Gasteiger partial charge in [0.1, 0.15) is 11.6 Å². The van der Waals surface area contributed by atoms with Crippen molar-refractivity contribution in [1.29, 1.82) is 0 Å². The van der Waals surface area contributed by atoms with E-state index in [1.807, 2.05) is 48.2 Å². The van der Waals surface area contributed by atoms with Gasteiger partial charge < -0.3 is 9.64 Å². The minimum absolute atomic E-state index is 0.752. The van der Waals surface area contributed by atoms with E-state index in [1.165, 1.54) is 10.5 Å². The lowest BCUT2D eigenvalue weighted by Gasteiger charge is -2.22. The molecule has 4 rings (SSSR count). The summed E-state index contributed by atoms with van der Waals surface area (Å²) in [6.07, 6.45) is 0. The third kappa shape index (κ3) is 2.92. The molecule has 0 bridgehead atoms. The Balaban J connectivity index is 1.71. The number of hydrogen-bond acceptors (Lipinski definition) is 4. The van der Waals surface area contributed by atoms with Gasteiger partial charge >= 0.3 is 0 Å². The number of anilines is 1. The van der Waals surface area contributed by atoms with E-state index in [1.54, 1.807) is 7.11 Å². The number of ether oxygens (including phenoxy) is 1. The zero-order chi connectivity index (χ0) is 16.5. The SMILES string of the molecule is COc1ccc2c(c1)SCCN(c1cc(Cl)c3ccccc3n1)C2. The summed E-state index contributed by atoms with van der Waals surface area (Å²) < 4.78 is 5.34. The molecule has 0 unspecified atom stereocenters. The second kappa shape index (κ2) is 6.54. The lowest BCUT2D eigenvalue weighted by Crippen LogP contribution is -2.24. The van der Waals surface area contributed by atoms with E-state index < -0.39 is 0 Å². The maximum atomic E-state index is 6.47. The molecule has 2 heterocycles. The van der Waals surface area contributed by atoms with Crippen molar-refractivity contribution < 1.29 is 4.74 Å². The first-order valence-electron chi connectivity index (χ1n) is 7.84. The maximum absolute atomic E-state index is 6.47. The first kappa shape index (κ1) is 15.6. The van der Waals surface area contributed by atoms with Crippen LogP contribution in [0.25, 0.3) is 10.9 Å². The van der Waals surface area contributed by atoms with E-state index in [0.29, 0.717) is 0 Å². The van der Waals surface area contributed by atoms with Crippen molar-refractivity contribution in [2.24, 2.45) is 0 Å². The molecule has 1 aliphatic heterocycles. The van der Waals surface area contributed by atoms with Crippen LogP contribution in [0.15, 0.2) is 53.4 Å². The van der Waals surface area contributed by atoms with Gasteiger partial charge in [0.15, 0.2) is 0 Å². The van der Waals surface area contributed by atoms with Gasteiger partial charge in [0.25, 0.3) is 0 Å². The fraction of sp³-hybridized carbons (Fsp3) is 0.211. The average Bonchev–Trinajstić information content (AvgIpc) is 2.83. The second-order valence-corrected chi connectivity index (χ2v) is 7.27. The van der Waals surface area contributed by atoms with E-state index >= 15 is 0 Å². The monoisotopic (exact) mass is 356 g/mol. The largest absolute Gasteiger partial charge is 0.497 e. The quantitative estimate of drug-likeness (QED) is 0.644. The number of fused-ring (bicyclic) bond motifs is 2. The Morgan fingerprint density at radius 2 is 2.04 bits per heavy atom. The standard InChI is InChI=1S/C19H17ClN2OS/c1-23-14-7-6-13-12-22(8-9-24-18(13)10-14)19-11-16(20)15-4-2-3-5-17(15)21-19/h2-7,10-11H,8-9,12H2,1H3. The average molecular weight is 357 g/mol. The predicted octanol–water partition coefficient (Wildman–Crippen LogP) is 5.01. The van der Waals surface area contributed by atoms with Gasteiger partial charge in [-0.1, -0.05) is 35.9 Å². The Morgan fingerprint density at radius 3 is 2.92 bits per heavy atom. The van der Waals surface area contributed by atoms with E-state index in [2.05, 4.69) is 17.0 Å². The van der Waals surface area contributed by atoms with Crippen molar-refractivity contribution in [1.82, 2.24) is 4.98 Å². The van der Waals surface area contributed by atoms with Crippen molar-refractivity contribution in [3.63, 3.8) is 0 Å². The molecule has 0 radical (unpaired) electrons. The van der Waals surface area contributed by atoms with E-state index in [0.717, 1.165) is 46.3 Å². The molecule has 3 nitrogen and oxygen atoms in total. The molecule has 0 fully saturated rings. The molecular weight excluding hydrogens is 340 g/mol. The molecule has 0 aliphatic carbocycles. The van der Waals surface area contributed by atoms with Crippen LogP contribution in [-0.4, -0.2) is 24.4 Å². The topological polar surface area (TPSA) is 25.4 Å². The maximum Gasteiger partial charge on any atom is 0.131 e. The van der Waals surface area contributed by atoms with Crippen LogP contribution in [0.1, 0.15) is 5.56 Å². The lowest BCUT2D eigenvalue weighted by atomic mass is 10.2. The van der Waals surface area contributed by atoms with Crippen LogP contribution in [-0.2, 0) is 6.54 Å². The fourth-order valence-electron chi connectivity index (χ4n) is 2.95. The zero-order valence-electron chi connectivity index (χ0n) is 13.3. The third-order valence-electron chi connectivity index (χ3n) is 4.23. The van der Waals surface area contributed by atoms with Crippen LogP contribution >= 0.6 is 23.4 Å². The summed E-state index contributed by atoms with van der Waals surface area (Å²) in [5.41, 5.74) is 2.23. The summed E-state index contributed by atoms with van der Waals surface area (Å²) in [5.74, 6) is 2.84. The van der Waals surface area contributed by atoms with Crippen LogP contribution in [0.5, 0.6) is 5.75 Å². The Kier molecular flexibility index (Phi) is 4.25. The van der Waals surface area contributed by atoms with Crippen molar-refractivity contribution >= 4 is 40.1 Å². The highest BCUT2D eigenvalue weighted by atomic mass is 35.5. The van der Waals surface area contributed by atoms with Crippen LogP contribution in [0.4, 0.5) is 5.82 Å². The van der Waals surface area contributed by atoms with E-state index in [4.69, 9.17) is 21.3 Å². The predicted molar refractivity (Wildman–Crippen MR) is 102 cm³/mol. The Morgan fingerprint density at radius 1 is 1.17 bits per heavy atom. The summed E-state index contributed by atoms with van der Waals surface area (Å²) >= 11 is 8.34. The first-order chi connectivity index (χ1) is 11.7. The fourth-order valence-corrected chi connectivity index (χ4v) is 4.26. The first-order valence-corrected chi connectivity index (χ1v) is 9.21. The smallest absolute Gasteiger partial charge is 0.131 e. The van der Waals surface area contributed by atoms with Gasteiger partial charge in [-0.25, -0.2) is 4.98 Å². The number of hydrogen-bond donors (Lipinski definition) is 0. The van der Waals surface area contributed by atoms with E-state index in [9.17, 15) is 0 Å². The van der Waals surface area contributed by atoms with Crippen molar-refractivity contribution in [3.8, 4) is 5.75 Å². The summed E-state index contributed by atoms with van der Waals surface area (Å²) in [6, 6.07) is 16.3. The number of thioether (sulfide) groups is 1. The summed E-state index contributed by atoms with van der Waals surface area (Å²) in [7, 11) is 1.70. The summed E-state index contributed by atoms with van der Waals surface area (Å²) in [6.45, 7) is 1.76. The van der Waals surface area contributed by atoms with Crippen molar-refractivity contribution in [3.05, 3.63) is 59.1 Å². The Labute approximate surface area is 150 Å². The van der Waals surface area contributed by atoms with Gasteiger partial charge in [-0.15, -0.1) is 11.8 Å². The number of rotatable bonds is 2. The van der Waals surface area contributed by atoms with Crippen LogP contribution < -0.4 is 9.64 Å². The van der Waals surface area contributed by atoms with Crippen LogP contribution in [0.3, 0.4) is 0 Å². The molecule has 1 aliphatic rings. The Bertz CT molecular complexity index is 900. The Hall–Kier alpha value is -1.91. The number of aromatic nitrogens is 1. The number of methoxy groups -OCH3 is 1. The summed E-state index contributed by atoms with van der Waals surface area (Å²) in [4.78, 5) is 8.39. The highest BCUT2D eigenvalue weighted by Crippen LogP contribution is 2.34. The molecule has 24 heavy (non-hydrogen) atoms. The molecule has 0 spiro atoms.